The summed E-state index contributed by atoms with van der Waals surface area (Å²) in [5.74, 6) is -1.14. The average molecular weight is 329 g/mol. The van der Waals surface area contributed by atoms with Crippen molar-refractivity contribution in [1.29, 1.82) is 0 Å². The third kappa shape index (κ3) is 3.71. The number of aliphatic hydroxyl groups excluding tert-OH is 1. The lowest BCUT2D eigenvalue weighted by molar-refractivity contribution is -0.122. The van der Waals surface area contributed by atoms with Crippen LogP contribution in [-0.2, 0) is 18.4 Å². The first-order valence-electron chi connectivity index (χ1n) is 6.36. The third-order valence-corrected chi connectivity index (χ3v) is 3.31. The molecule has 0 saturated heterocycles. The smallest absolute Gasteiger partial charge is 0.345 e. The minimum atomic E-state index is -1.09. The van der Waals surface area contributed by atoms with Crippen molar-refractivity contribution in [2.45, 2.75) is 12.6 Å². The van der Waals surface area contributed by atoms with Crippen LogP contribution in [0.2, 0.25) is 5.02 Å². The van der Waals surface area contributed by atoms with Crippen LogP contribution in [0.25, 0.3) is 0 Å². The molecule has 1 aromatic carbocycles. The van der Waals surface area contributed by atoms with E-state index in [2.05, 4.69) is 10.4 Å². The van der Waals surface area contributed by atoms with Crippen molar-refractivity contribution >= 4 is 17.5 Å². The fraction of sp³-hybridized carbons (Fsp3) is 0.308. The van der Waals surface area contributed by atoms with Gasteiger partial charge in [0.25, 0.3) is 0 Å². The molecule has 0 aliphatic carbocycles. The van der Waals surface area contributed by atoms with Gasteiger partial charge in [0.15, 0.2) is 0 Å². The molecule has 0 fully saturated rings. The summed E-state index contributed by atoms with van der Waals surface area (Å²) >= 11 is 5.55. The highest BCUT2D eigenvalue weighted by Crippen LogP contribution is 2.19. The van der Waals surface area contributed by atoms with Crippen LogP contribution in [0.1, 0.15) is 11.7 Å². The van der Waals surface area contributed by atoms with Crippen molar-refractivity contribution in [3.05, 3.63) is 51.4 Å². The quantitative estimate of drug-likeness (QED) is 0.822. The van der Waals surface area contributed by atoms with E-state index in [0.717, 1.165) is 10.7 Å². The van der Waals surface area contributed by atoms with E-state index in [1.54, 1.807) is 0 Å². The van der Waals surface area contributed by atoms with Crippen molar-refractivity contribution in [3.8, 4) is 0 Å². The van der Waals surface area contributed by atoms with Gasteiger partial charge in [-0.3, -0.25) is 9.36 Å². The van der Waals surface area contributed by atoms with Gasteiger partial charge in [-0.2, -0.15) is 5.10 Å². The summed E-state index contributed by atoms with van der Waals surface area (Å²) in [6, 6.07) is 3.89. The van der Waals surface area contributed by atoms with Gasteiger partial charge in [0.05, 0.1) is 11.1 Å². The minimum Gasteiger partial charge on any atom is -0.387 e. The summed E-state index contributed by atoms with van der Waals surface area (Å²) in [6.45, 7) is -0.386. The Morgan fingerprint density at radius 3 is 2.86 bits per heavy atom. The molecule has 1 aromatic heterocycles. The molecule has 0 saturated carbocycles. The second-order valence-corrected chi connectivity index (χ2v) is 5.08. The summed E-state index contributed by atoms with van der Waals surface area (Å²) in [5, 5.41) is 16.0. The number of rotatable bonds is 5. The number of amides is 1. The van der Waals surface area contributed by atoms with E-state index in [-0.39, 0.29) is 23.7 Å². The number of nitrogens with zero attached hydrogens (tertiary/aromatic N) is 3. The number of aliphatic hydroxyl groups is 1. The van der Waals surface area contributed by atoms with Crippen LogP contribution in [0.3, 0.4) is 0 Å². The number of nitrogens with one attached hydrogen (secondary N) is 1. The highest BCUT2D eigenvalue weighted by molar-refractivity contribution is 6.30. The maximum atomic E-state index is 13.3. The van der Waals surface area contributed by atoms with E-state index in [1.807, 2.05) is 0 Å². The molecule has 0 radical (unpaired) electrons. The van der Waals surface area contributed by atoms with E-state index in [0.29, 0.717) is 0 Å². The average Bonchev–Trinajstić information content (AvgIpc) is 2.79. The first-order valence-corrected chi connectivity index (χ1v) is 6.74. The largest absolute Gasteiger partial charge is 0.387 e. The van der Waals surface area contributed by atoms with E-state index in [1.165, 1.54) is 30.1 Å². The van der Waals surface area contributed by atoms with Crippen LogP contribution < -0.4 is 11.0 Å². The Balaban J connectivity index is 1.91. The monoisotopic (exact) mass is 328 g/mol. The van der Waals surface area contributed by atoms with Crippen LogP contribution >= 0.6 is 11.6 Å². The molecule has 1 heterocycles. The molecule has 2 aromatic rings. The summed E-state index contributed by atoms with van der Waals surface area (Å²) < 4.78 is 15.5. The lowest BCUT2D eigenvalue weighted by Gasteiger charge is -2.12. The first-order chi connectivity index (χ1) is 10.4. The van der Waals surface area contributed by atoms with Crippen molar-refractivity contribution < 1.29 is 14.3 Å². The van der Waals surface area contributed by atoms with Gasteiger partial charge in [-0.15, -0.1) is 0 Å². The van der Waals surface area contributed by atoms with Crippen LogP contribution in [0.5, 0.6) is 0 Å². The van der Waals surface area contributed by atoms with E-state index >= 15 is 0 Å². The van der Waals surface area contributed by atoms with E-state index in [4.69, 9.17) is 11.6 Å². The molecule has 2 N–H and O–H groups in total. The van der Waals surface area contributed by atoms with Crippen molar-refractivity contribution in [2.24, 2.45) is 7.05 Å². The molecule has 1 unspecified atom stereocenters. The summed E-state index contributed by atoms with van der Waals surface area (Å²) in [5.41, 5.74) is -0.132. The van der Waals surface area contributed by atoms with Gasteiger partial charge < -0.3 is 10.4 Å². The van der Waals surface area contributed by atoms with Crippen LogP contribution in [0, 0.1) is 5.82 Å². The Bertz CT molecular complexity index is 743. The fourth-order valence-corrected chi connectivity index (χ4v) is 1.89. The second kappa shape index (κ2) is 6.71. The molecule has 22 heavy (non-hydrogen) atoms. The molecular formula is C13H14ClFN4O3. The molecule has 118 valence electrons. The van der Waals surface area contributed by atoms with Crippen molar-refractivity contribution in [1.82, 2.24) is 19.7 Å². The zero-order valence-electron chi connectivity index (χ0n) is 11.7. The topological polar surface area (TPSA) is 89.2 Å². The lowest BCUT2D eigenvalue weighted by Crippen LogP contribution is -2.35. The Labute approximate surface area is 129 Å². The number of aryl methyl sites for hydroxylation is 1. The van der Waals surface area contributed by atoms with Gasteiger partial charge in [0.2, 0.25) is 5.91 Å². The standard InChI is InChI=1S/C13H14ClFN4O3/c1-18-7-17-19(13(18)22)6-12(21)16-5-11(20)8-2-3-9(14)10(15)4-8/h2-4,7,11,20H,5-6H2,1H3,(H,16,21). The highest BCUT2D eigenvalue weighted by atomic mass is 35.5. The van der Waals surface area contributed by atoms with Gasteiger partial charge in [-0.1, -0.05) is 17.7 Å². The second-order valence-electron chi connectivity index (χ2n) is 4.68. The van der Waals surface area contributed by atoms with Gasteiger partial charge in [0.1, 0.15) is 18.7 Å². The third-order valence-electron chi connectivity index (χ3n) is 3.00. The molecule has 1 atom stereocenters. The van der Waals surface area contributed by atoms with Gasteiger partial charge >= 0.3 is 5.69 Å². The molecule has 0 spiro atoms. The number of hydrogen-bond donors (Lipinski definition) is 2. The van der Waals surface area contributed by atoms with Crippen molar-refractivity contribution in [2.75, 3.05) is 6.54 Å². The number of halogens is 2. The van der Waals surface area contributed by atoms with E-state index in [9.17, 15) is 19.1 Å². The molecule has 0 bridgehead atoms. The van der Waals surface area contributed by atoms with Crippen molar-refractivity contribution in [3.63, 3.8) is 0 Å². The first kappa shape index (κ1) is 16.2. The fourth-order valence-electron chi connectivity index (χ4n) is 1.77. The number of carbonyl (C=O) groups is 1. The number of aromatic nitrogens is 3. The van der Waals surface area contributed by atoms with E-state index < -0.39 is 23.5 Å². The number of benzene rings is 1. The van der Waals surface area contributed by atoms with Gasteiger partial charge in [-0.05, 0) is 17.7 Å². The number of carbonyl (C=O) groups excluding carboxylic acids is 1. The zero-order chi connectivity index (χ0) is 16.3. The zero-order valence-corrected chi connectivity index (χ0v) is 12.4. The number of hydrogen-bond acceptors (Lipinski definition) is 4. The molecule has 7 nitrogen and oxygen atoms in total. The normalized spacial score (nSPS) is 12.2. The molecule has 2 rings (SSSR count). The Morgan fingerprint density at radius 1 is 1.55 bits per heavy atom. The SMILES string of the molecule is Cn1cnn(CC(=O)NCC(O)c2ccc(Cl)c(F)c2)c1=O. The predicted molar refractivity (Wildman–Crippen MR) is 76.8 cm³/mol. The highest BCUT2D eigenvalue weighted by Gasteiger charge is 2.13. The molecule has 0 aliphatic heterocycles. The van der Waals surface area contributed by atoms with Gasteiger partial charge in [-0.25, -0.2) is 13.9 Å². The summed E-state index contributed by atoms with van der Waals surface area (Å²) in [6.07, 6.45) is 0.206. The van der Waals surface area contributed by atoms with Gasteiger partial charge in [0, 0.05) is 13.6 Å². The predicted octanol–water partition coefficient (Wildman–Crippen LogP) is 0.224. The molecular weight excluding hydrogens is 315 g/mol. The molecule has 1 amide bonds. The van der Waals surface area contributed by atoms with Crippen LogP contribution in [0.15, 0.2) is 29.3 Å². The molecule has 9 heteroatoms. The summed E-state index contributed by atoms with van der Waals surface area (Å²) in [4.78, 5) is 23.2. The lowest BCUT2D eigenvalue weighted by atomic mass is 10.1. The van der Waals surface area contributed by atoms with Crippen LogP contribution in [-0.4, -0.2) is 31.9 Å². The maximum absolute atomic E-state index is 13.3. The maximum Gasteiger partial charge on any atom is 0.345 e. The Kier molecular flexibility index (Phi) is 4.94. The minimum absolute atomic E-state index is 0.0467. The van der Waals surface area contributed by atoms with Crippen LogP contribution in [0.4, 0.5) is 4.39 Å². The Hall–Kier alpha value is -2.19. The Morgan fingerprint density at radius 2 is 2.27 bits per heavy atom. The summed E-state index contributed by atoms with van der Waals surface area (Å²) in [7, 11) is 1.52. The molecule has 0 aliphatic rings.